The van der Waals surface area contributed by atoms with E-state index in [1.807, 2.05) is 6.07 Å². The minimum atomic E-state index is -3.54. The summed E-state index contributed by atoms with van der Waals surface area (Å²) in [5.74, 6) is 0. The molecule has 112 valence electrons. The molecule has 1 aromatic carbocycles. The Bertz CT molecular complexity index is 675. The molecule has 0 fully saturated rings. The van der Waals surface area contributed by atoms with Crippen molar-refractivity contribution < 1.29 is 8.42 Å². The molecule has 2 rings (SSSR count). The molecule has 0 aliphatic heterocycles. The molecule has 0 aliphatic rings. The number of pyridine rings is 1. The van der Waals surface area contributed by atoms with Gasteiger partial charge in [0.05, 0.1) is 0 Å². The predicted molar refractivity (Wildman–Crippen MR) is 82.9 cm³/mol. The standard InChI is InChI=1S/C14H16ClN3O2S/c1-18(11-12-4-6-14(15)7-5-12)21(19,20)17-10-13-3-2-8-16-9-13/h2-9,17H,10-11H2,1H3. The lowest BCUT2D eigenvalue weighted by Gasteiger charge is -2.17. The third kappa shape index (κ3) is 4.78. The van der Waals surface area contributed by atoms with Crippen molar-refractivity contribution in [3.05, 3.63) is 64.9 Å². The van der Waals surface area contributed by atoms with Gasteiger partial charge >= 0.3 is 0 Å². The van der Waals surface area contributed by atoms with E-state index < -0.39 is 10.2 Å². The summed E-state index contributed by atoms with van der Waals surface area (Å²) in [4.78, 5) is 3.95. The monoisotopic (exact) mass is 325 g/mol. The highest BCUT2D eigenvalue weighted by Gasteiger charge is 2.17. The predicted octanol–water partition coefficient (Wildman–Crippen LogP) is 2.20. The first-order valence-electron chi connectivity index (χ1n) is 6.31. The second kappa shape index (κ2) is 7.00. The lowest BCUT2D eigenvalue weighted by molar-refractivity contribution is 0.454. The van der Waals surface area contributed by atoms with Crippen molar-refractivity contribution in [2.45, 2.75) is 13.1 Å². The summed E-state index contributed by atoms with van der Waals surface area (Å²) in [7, 11) is -2.02. The van der Waals surface area contributed by atoms with Crippen molar-refractivity contribution in [2.75, 3.05) is 7.05 Å². The van der Waals surface area contributed by atoms with Crippen LogP contribution in [0.25, 0.3) is 0 Å². The highest BCUT2D eigenvalue weighted by molar-refractivity contribution is 7.87. The van der Waals surface area contributed by atoms with Crippen LogP contribution in [0.3, 0.4) is 0 Å². The maximum Gasteiger partial charge on any atom is 0.279 e. The summed E-state index contributed by atoms with van der Waals surface area (Å²) in [6.45, 7) is 0.487. The number of nitrogens with one attached hydrogen (secondary N) is 1. The number of hydrogen-bond acceptors (Lipinski definition) is 3. The van der Waals surface area contributed by atoms with Crippen LogP contribution in [-0.4, -0.2) is 24.8 Å². The van der Waals surface area contributed by atoms with Crippen LogP contribution < -0.4 is 4.72 Å². The van der Waals surface area contributed by atoms with Crippen LogP contribution in [0.1, 0.15) is 11.1 Å². The van der Waals surface area contributed by atoms with Crippen molar-refractivity contribution in [1.29, 1.82) is 0 Å². The molecule has 1 N–H and O–H groups in total. The Kier molecular flexibility index (Phi) is 5.30. The lowest BCUT2D eigenvalue weighted by Crippen LogP contribution is -2.37. The molecule has 0 bridgehead atoms. The summed E-state index contributed by atoms with van der Waals surface area (Å²) in [5, 5.41) is 0.624. The zero-order valence-corrected chi connectivity index (χ0v) is 13.1. The SMILES string of the molecule is CN(Cc1ccc(Cl)cc1)S(=O)(=O)NCc1cccnc1. The average molecular weight is 326 g/mol. The maximum absolute atomic E-state index is 12.1. The molecule has 0 saturated carbocycles. The van der Waals surface area contributed by atoms with E-state index in [9.17, 15) is 8.42 Å². The molecule has 1 heterocycles. The van der Waals surface area contributed by atoms with Gasteiger partial charge < -0.3 is 0 Å². The molecule has 0 atom stereocenters. The molecule has 0 aliphatic carbocycles. The molecular weight excluding hydrogens is 310 g/mol. The Hall–Kier alpha value is -1.47. The largest absolute Gasteiger partial charge is 0.279 e. The number of rotatable bonds is 6. The van der Waals surface area contributed by atoms with Crippen molar-refractivity contribution in [3.63, 3.8) is 0 Å². The first-order chi connectivity index (χ1) is 9.97. The van der Waals surface area contributed by atoms with Crippen LogP contribution in [0.15, 0.2) is 48.8 Å². The Balaban J connectivity index is 1.96. The van der Waals surface area contributed by atoms with E-state index in [1.54, 1.807) is 42.7 Å². The molecule has 7 heteroatoms. The highest BCUT2D eigenvalue weighted by atomic mass is 35.5. The van der Waals surface area contributed by atoms with Crippen LogP contribution in [0, 0.1) is 0 Å². The van der Waals surface area contributed by atoms with Gasteiger partial charge in [0.1, 0.15) is 0 Å². The molecule has 1 aromatic heterocycles. The Morgan fingerprint density at radius 2 is 1.90 bits per heavy atom. The molecule has 0 amide bonds. The van der Waals surface area contributed by atoms with Gasteiger partial charge in [0, 0.05) is 37.6 Å². The third-order valence-corrected chi connectivity index (χ3v) is 4.62. The molecule has 0 radical (unpaired) electrons. The van der Waals surface area contributed by atoms with E-state index in [2.05, 4.69) is 9.71 Å². The van der Waals surface area contributed by atoms with Gasteiger partial charge in [-0.2, -0.15) is 17.4 Å². The fourth-order valence-corrected chi connectivity index (χ4v) is 2.73. The van der Waals surface area contributed by atoms with Gasteiger partial charge in [-0.15, -0.1) is 0 Å². The fraction of sp³-hybridized carbons (Fsp3) is 0.214. The first-order valence-corrected chi connectivity index (χ1v) is 8.13. The Morgan fingerprint density at radius 1 is 1.19 bits per heavy atom. The van der Waals surface area contributed by atoms with E-state index in [0.717, 1.165) is 11.1 Å². The zero-order valence-electron chi connectivity index (χ0n) is 11.5. The van der Waals surface area contributed by atoms with Crippen LogP contribution in [-0.2, 0) is 23.3 Å². The van der Waals surface area contributed by atoms with Gasteiger partial charge in [-0.3, -0.25) is 4.98 Å². The van der Waals surface area contributed by atoms with Crippen molar-refractivity contribution >= 4 is 21.8 Å². The Labute approximate surface area is 129 Å². The van der Waals surface area contributed by atoms with E-state index in [0.29, 0.717) is 5.02 Å². The topological polar surface area (TPSA) is 62.3 Å². The van der Waals surface area contributed by atoms with Crippen LogP contribution in [0.5, 0.6) is 0 Å². The quantitative estimate of drug-likeness (QED) is 0.885. The number of benzene rings is 1. The van der Waals surface area contributed by atoms with Crippen LogP contribution >= 0.6 is 11.6 Å². The second-order valence-corrected chi connectivity index (χ2v) is 6.87. The Morgan fingerprint density at radius 3 is 2.52 bits per heavy atom. The van der Waals surface area contributed by atoms with Gasteiger partial charge in [-0.25, -0.2) is 0 Å². The highest BCUT2D eigenvalue weighted by Crippen LogP contribution is 2.12. The number of hydrogen-bond donors (Lipinski definition) is 1. The average Bonchev–Trinajstić information content (AvgIpc) is 2.48. The molecule has 5 nitrogen and oxygen atoms in total. The summed E-state index contributed by atoms with van der Waals surface area (Å²) in [5.41, 5.74) is 1.68. The van der Waals surface area contributed by atoms with E-state index in [1.165, 1.54) is 11.4 Å². The third-order valence-electron chi connectivity index (χ3n) is 2.91. The maximum atomic E-state index is 12.1. The fourth-order valence-electron chi connectivity index (χ4n) is 1.72. The zero-order chi connectivity index (χ0) is 15.3. The molecule has 0 spiro atoms. The summed E-state index contributed by atoms with van der Waals surface area (Å²) in [6, 6.07) is 10.7. The normalized spacial score (nSPS) is 11.8. The molecule has 0 unspecified atom stereocenters. The van der Waals surface area contributed by atoms with Crippen LogP contribution in [0.2, 0.25) is 5.02 Å². The van der Waals surface area contributed by atoms with E-state index >= 15 is 0 Å². The molecular formula is C14H16ClN3O2S. The van der Waals surface area contributed by atoms with Gasteiger partial charge in [-0.1, -0.05) is 29.8 Å². The summed E-state index contributed by atoms with van der Waals surface area (Å²) < 4.78 is 28.1. The first kappa shape index (κ1) is 15.9. The van der Waals surface area contributed by atoms with Gasteiger partial charge in [0.25, 0.3) is 10.2 Å². The molecule has 2 aromatic rings. The van der Waals surface area contributed by atoms with Gasteiger partial charge in [-0.05, 0) is 29.3 Å². The number of aromatic nitrogens is 1. The van der Waals surface area contributed by atoms with Crippen LogP contribution in [0.4, 0.5) is 0 Å². The minimum absolute atomic E-state index is 0.209. The lowest BCUT2D eigenvalue weighted by atomic mass is 10.2. The number of halogens is 1. The number of nitrogens with zero attached hydrogens (tertiary/aromatic N) is 2. The van der Waals surface area contributed by atoms with Crippen molar-refractivity contribution in [1.82, 2.24) is 14.0 Å². The van der Waals surface area contributed by atoms with Crippen molar-refractivity contribution in [3.8, 4) is 0 Å². The second-order valence-electron chi connectivity index (χ2n) is 4.57. The molecule has 0 saturated heterocycles. The smallest absolute Gasteiger partial charge is 0.264 e. The van der Waals surface area contributed by atoms with Gasteiger partial charge in [0.2, 0.25) is 0 Å². The minimum Gasteiger partial charge on any atom is -0.264 e. The molecule has 21 heavy (non-hydrogen) atoms. The summed E-state index contributed by atoms with van der Waals surface area (Å²) >= 11 is 5.81. The summed E-state index contributed by atoms with van der Waals surface area (Å²) in [6.07, 6.45) is 3.27. The van der Waals surface area contributed by atoms with E-state index in [-0.39, 0.29) is 13.1 Å². The van der Waals surface area contributed by atoms with E-state index in [4.69, 9.17) is 11.6 Å². The van der Waals surface area contributed by atoms with Gasteiger partial charge in [0.15, 0.2) is 0 Å². The van der Waals surface area contributed by atoms with Crippen molar-refractivity contribution in [2.24, 2.45) is 0 Å².